The highest BCUT2D eigenvalue weighted by molar-refractivity contribution is 5.18. The first kappa shape index (κ1) is 10.7. The molecule has 0 aromatic heterocycles. The fraction of sp³-hybridized carbons (Fsp3) is 0.538. The predicted octanol–water partition coefficient (Wildman–Crippen LogP) is 2.51. The van der Waals surface area contributed by atoms with Crippen molar-refractivity contribution < 1.29 is 4.74 Å². The van der Waals surface area contributed by atoms with Crippen LogP contribution in [-0.4, -0.2) is 18.8 Å². The minimum Gasteiger partial charge on any atom is -0.377 e. The minimum atomic E-state index is 0.344. The molecular formula is C13H19NO. The highest BCUT2D eigenvalue weighted by Gasteiger charge is 2.25. The Morgan fingerprint density at radius 3 is 2.67 bits per heavy atom. The van der Waals surface area contributed by atoms with E-state index >= 15 is 0 Å². The van der Waals surface area contributed by atoms with Gasteiger partial charge < -0.3 is 10.1 Å². The lowest BCUT2D eigenvalue weighted by Crippen LogP contribution is -2.36. The Labute approximate surface area is 91.6 Å². The lowest BCUT2D eigenvalue weighted by atomic mass is 10.1. The van der Waals surface area contributed by atoms with Gasteiger partial charge in [-0.1, -0.05) is 30.3 Å². The molecule has 1 saturated heterocycles. The minimum absolute atomic E-state index is 0.344. The summed E-state index contributed by atoms with van der Waals surface area (Å²) in [6.07, 6.45) is 1.47. The SMILES string of the molecule is C[C@H](N[C@H]1CCO[C@@H]1C)c1ccccc1. The number of ether oxygens (including phenoxy) is 1. The molecule has 0 bridgehead atoms. The molecule has 0 amide bonds. The van der Waals surface area contributed by atoms with E-state index in [9.17, 15) is 0 Å². The van der Waals surface area contributed by atoms with Crippen LogP contribution < -0.4 is 5.32 Å². The van der Waals surface area contributed by atoms with Crippen molar-refractivity contribution in [1.82, 2.24) is 5.32 Å². The topological polar surface area (TPSA) is 21.3 Å². The van der Waals surface area contributed by atoms with Crippen molar-refractivity contribution in [2.24, 2.45) is 0 Å². The van der Waals surface area contributed by atoms with Crippen molar-refractivity contribution in [1.29, 1.82) is 0 Å². The van der Waals surface area contributed by atoms with Crippen LogP contribution in [-0.2, 0) is 4.74 Å². The van der Waals surface area contributed by atoms with Gasteiger partial charge in [0, 0.05) is 18.7 Å². The summed E-state index contributed by atoms with van der Waals surface area (Å²) in [6.45, 7) is 5.24. The van der Waals surface area contributed by atoms with Gasteiger partial charge in [-0.25, -0.2) is 0 Å². The maximum absolute atomic E-state index is 5.54. The lowest BCUT2D eigenvalue weighted by Gasteiger charge is -2.21. The molecule has 1 N–H and O–H groups in total. The van der Waals surface area contributed by atoms with Crippen LogP contribution in [0, 0.1) is 0 Å². The molecule has 1 aromatic rings. The number of hydrogen-bond acceptors (Lipinski definition) is 2. The van der Waals surface area contributed by atoms with Crippen LogP contribution in [0.25, 0.3) is 0 Å². The average molecular weight is 205 g/mol. The van der Waals surface area contributed by atoms with E-state index < -0.39 is 0 Å². The number of hydrogen-bond donors (Lipinski definition) is 1. The zero-order valence-electron chi connectivity index (χ0n) is 9.44. The molecule has 2 rings (SSSR count). The second-order valence-corrected chi connectivity index (χ2v) is 4.27. The number of benzene rings is 1. The van der Waals surface area contributed by atoms with Crippen LogP contribution in [0.15, 0.2) is 30.3 Å². The fourth-order valence-corrected chi connectivity index (χ4v) is 2.11. The summed E-state index contributed by atoms with van der Waals surface area (Å²) >= 11 is 0. The third-order valence-corrected chi connectivity index (χ3v) is 3.14. The third kappa shape index (κ3) is 2.58. The Morgan fingerprint density at radius 1 is 1.33 bits per heavy atom. The summed E-state index contributed by atoms with van der Waals surface area (Å²) < 4.78 is 5.54. The van der Waals surface area contributed by atoms with E-state index in [1.165, 1.54) is 5.56 Å². The smallest absolute Gasteiger partial charge is 0.0700 e. The Bertz CT molecular complexity index is 299. The monoisotopic (exact) mass is 205 g/mol. The third-order valence-electron chi connectivity index (χ3n) is 3.14. The first-order valence-corrected chi connectivity index (χ1v) is 5.70. The molecule has 1 aromatic carbocycles. The van der Waals surface area contributed by atoms with E-state index in [1.807, 2.05) is 0 Å². The van der Waals surface area contributed by atoms with Gasteiger partial charge in [0.2, 0.25) is 0 Å². The van der Waals surface area contributed by atoms with E-state index in [0.29, 0.717) is 18.2 Å². The largest absolute Gasteiger partial charge is 0.377 e. The maximum atomic E-state index is 5.54. The van der Waals surface area contributed by atoms with Crippen LogP contribution in [0.1, 0.15) is 31.9 Å². The molecule has 82 valence electrons. The second kappa shape index (κ2) is 4.77. The normalized spacial score (nSPS) is 27.9. The maximum Gasteiger partial charge on any atom is 0.0700 e. The number of rotatable bonds is 3. The van der Waals surface area contributed by atoms with Gasteiger partial charge in [0.25, 0.3) is 0 Å². The van der Waals surface area contributed by atoms with Crippen molar-refractivity contribution in [2.45, 2.75) is 38.5 Å². The molecule has 1 aliphatic heterocycles. The molecular weight excluding hydrogens is 186 g/mol. The van der Waals surface area contributed by atoms with Gasteiger partial charge in [-0.2, -0.15) is 0 Å². The summed E-state index contributed by atoms with van der Waals surface area (Å²) in [4.78, 5) is 0. The average Bonchev–Trinajstić information content (AvgIpc) is 2.66. The molecule has 0 saturated carbocycles. The van der Waals surface area contributed by atoms with Crippen molar-refractivity contribution in [3.63, 3.8) is 0 Å². The van der Waals surface area contributed by atoms with Gasteiger partial charge >= 0.3 is 0 Å². The fourth-order valence-electron chi connectivity index (χ4n) is 2.11. The van der Waals surface area contributed by atoms with Gasteiger partial charge in [-0.3, -0.25) is 0 Å². The van der Waals surface area contributed by atoms with Crippen molar-refractivity contribution in [3.05, 3.63) is 35.9 Å². The predicted molar refractivity (Wildman–Crippen MR) is 61.8 cm³/mol. The van der Waals surface area contributed by atoms with E-state index in [4.69, 9.17) is 4.74 Å². The van der Waals surface area contributed by atoms with Gasteiger partial charge in [0.15, 0.2) is 0 Å². The first-order chi connectivity index (χ1) is 7.27. The van der Waals surface area contributed by atoms with E-state index in [1.54, 1.807) is 0 Å². The van der Waals surface area contributed by atoms with Crippen LogP contribution in [0.5, 0.6) is 0 Å². The standard InChI is InChI=1S/C13H19NO/c1-10(12-6-4-3-5-7-12)14-13-8-9-15-11(13)2/h3-7,10-11,13-14H,8-9H2,1-2H3/t10-,11+,13-/m0/s1. The highest BCUT2D eigenvalue weighted by Crippen LogP contribution is 2.18. The van der Waals surface area contributed by atoms with Gasteiger partial charge in [0.05, 0.1) is 6.10 Å². The highest BCUT2D eigenvalue weighted by atomic mass is 16.5. The summed E-state index contributed by atoms with van der Waals surface area (Å²) in [5.74, 6) is 0. The molecule has 15 heavy (non-hydrogen) atoms. The van der Waals surface area contributed by atoms with E-state index in [-0.39, 0.29) is 0 Å². The van der Waals surface area contributed by atoms with E-state index in [0.717, 1.165) is 13.0 Å². The van der Waals surface area contributed by atoms with Gasteiger partial charge in [0.1, 0.15) is 0 Å². The van der Waals surface area contributed by atoms with Crippen molar-refractivity contribution in [2.75, 3.05) is 6.61 Å². The zero-order chi connectivity index (χ0) is 10.7. The molecule has 1 aliphatic rings. The Hall–Kier alpha value is -0.860. The molecule has 2 nitrogen and oxygen atoms in total. The molecule has 0 aliphatic carbocycles. The summed E-state index contributed by atoms with van der Waals surface area (Å²) in [5, 5.41) is 3.62. The van der Waals surface area contributed by atoms with Crippen LogP contribution in [0.3, 0.4) is 0 Å². The Balaban J connectivity index is 1.95. The number of nitrogens with one attached hydrogen (secondary N) is 1. The quantitative estimate of drug-likeness (QED) is 0.818. The van der Waals surface area contributed by atoms with Crippen molar-refractivity contribution >= 4 is 0 Å². The first-order valence-electron chi connectivity index (χ1n) is 5.70. The van der Waals surface area contributed by atoms with Crippen LogP contribution >= 0.6 is 0 Å². The van der Waals surface area contributed by atoms with Crippen LogP contribution in [0.4, 0.5) is 0 Å². The van der Waals surface area contributed by atoms with Gasteiger partial charge in [-0.15, -0.1) is 0 Å². The van der Waals surface area contributed by atoms with Crippen LogP contribution in [0.2, 0.25) is 0 Å². The molecule has 0 radical (unpaired) electrons. The molecule has 1 fully saturated rings. The lowest BCUT2D eigenvalue weighted by molar-refractivity contribution is 0.111. The second-order valence-electron chi connectivity index (χ2n) is 4.27. The molecule has 3 atom stereocenters. The summed E-state index contributed by atoms with van der Waals surface area (Å²) in [5.41, 5.74) is 1.34. The Morgan fingerprint density at radius 2 is 2.07 bits per heavy atom. The summed E-state index contributed by atoms with van der Waals surface area (Å²) in [7, 11) is 0. The van der Waals surface area contributed by atoms with E-state index in [2.05, 4.69) is 49.5 Å². The molecule has 2 heteroatoms. The molecule has 0 spiro atoms. The van der Waals surface area contributed by atoms with Gasteiger partial charge in [-0.05, 0) is 25.8 Å². The molecule has 0 unspecified atom stereocenters. The summed E-state index contributed by atoms with van der Waals surface area (Å²) in [6, 6.07) is 11.5. The zero-order valence-corrected chi connectivity index (χ0v) is 9.44. The molecule has 1 heterocycles. The van der Waals surface area contributed by atoms with Crippen molar-refractivity contribution in [3.8, 4) is 0 Å². The Kier molecular flexibility index (Phi) is 3.39.